The number of rotatable bonds is 1. The smallest absolute Gasteiger partial charge is 0.236 e. The number of anilines is 2. The molecule has 72 valence electrons. The van der Waals surface area contributed by atoms with Gasteiger partial charge in [0.1, 0.15) is 6.33 Å². The van der Waals surface area contributed by atoms with Gasteiger partial charge in [-0.05, 0) is 0 Å². The molecule has 2 N–H and O–H groups in total. The molecule has 1 aliphatic heterocycles. The molecule has 0 unspecified atom stereocenters. The van der Waals surface area contributed by atoms with E-state index in [-0.39, 0.29) is 24.7 Å². The third-order valence-electron chi connectivity index (χ3n) is 1.96. The molecule has 0 bridgehead atoms. The summed E-state index contributed by atoms with van der Waals surface area (Å²) >= 11 is 0. The van der Waals surface area contributed by atoms with Crippen molar-refractivity contribution in [3.8, 4) is 0 Å². The fourth-order valence-corrected chi connectivity index (χ4v) is 1.34. The van der Waals surface area contributed by atoms with Crippen molar-refractivity contribution in [1.82, 2.24) is 9.97 Å². The van der Waals surface area contributed by atoms with E-state index in [1.807, 2.05) is 0 Å². The first kappa shape index (κ1) is 8.61. The Balaban J connectivity index is 2.36. The number of hydrogen-bond acceptors (Lipinski definition) is 5. The van der Waals surface area contributed by atoms with Crippen molar-refractivity contribution in [1.29, 1.82) is 0 Å². The normalized spacial score (nSPS) is 16.4. The van der Waals surface area contributed by atoms with Crippen molar-refractivity contribution in [2.24, 2.45) is 0 Å². The minimum atomic E-state index is -0.264. The van der Waals surface area contributed by atoms with Gasteiger partial charge in [-0.25, -0.2) is 9.97 Å². The highest BCUT2D eigenvalue weighted by molar-refractivity contribution is 6.15. The minimum absolute atomic E-state index is 0.0556. The lowest BCUT2D eigenvalue weighted by atomic mass is 10.3. The molecule has 0 aliphatic carbocycles. The topological polar surface area (TPSA) is 89.2 Å². The van der Waals surface area contributed by atoms with Crippen LogP contribution in [0, 0.1) is 0 Å². The summed E-state index contributed by atoms with van der Waals surface area (Å²) in [6, 6.07) is 0. The Morgan fingerprint density at radius 3 is 2.79 bits per heavy atom. The summed E-state index contributed by atoms with van der Waals surface area (Å²) in [7, 11) is 0. The first-order valence-electron chi connectivity index (χ1n) is 4.06. The van der Waals surface area contributed by atoms with Crippen LogP contribution in [0.5, 0.6) is 0 Å². The number of nitrogens with zero attached hydrogens (tertiary/aromatic N) is 3. The molecule has 1 amide bonds. The molecule has 0 spiro atoms. The summed E-state index contributed by atoms with van der Waals surface area (Å²) in [4.78, 5) is 31.2. The molecule has 1 aromatic heterocycles. The molecule has 1 fully saturated rings. The lowest BCUT2D eigenvalue weighted by Crippen LogP contribution is -2.26. The Hall–Kier alpha value is -1.98. The monoisotopic (exact) mass is 192 g/mol. The number of nitrogens with two attached hydrogens (primary N) is 1. The molecule has 6 nitrogen and oxygen atoms in total. The summed E-state index contributed by atoms with van der Waals surface area (Å²) in [5, 5.41) is 0. The van der Waals surface area contributed by atoms with Gasteiger partial charge in [0.05, 0.1) is 24.8 Å². The summed E-state index contributed by atoms with van der Waals surface area (Å²) in [6.45, 7) is 0.0556. The van der Waals surface area contributed by atoms with Crippen molar-refractivity contribution in [2.75, 3.05) is 17.2 Å². The third kappa shape index (κ3) is 1.30. The van der Waals surface area contributed by atoms with Crippen molar-refractivity contribution in [3.63, 3.8) is 0 Å². The molecule has 1 aliphatic rings. The second-order valence-corrected chi connectivity index (χ2v) is 3.00. The first-order valence-corrected chi connectivity index (χ1v) is 4.06. The molecular formula is C8H8N4O2. The average molecular weight is 192 g/mol. The van der Waals surface area contributed by atoms with Crippen LogP contribution in [0.15, 0.2) is 12.5 Å². The van der Waals surface area contributed by atoms with Crippen molar-refractivity contribution < 1.29 is 9.59 Å². The standard InChI is InChI=1S/C8H8N4O2/c9-6-2-10-4-11-8(6)12-3-5(13)1-7(12)14/h2,4H,1,3,9H2. The molecule has 0 saturated carbocycles. The Bertz CT molecular complexity index is 404. The Morgan fingerprint density at radius 1 is 1.43 bits per heavy atom. The van der Waals surface area contributed by atoms with Crippen LogP contribution in [0.25, 0.3) is 0 Å². The molecule has 6 heteroatoms. The van der Waals surface area contributed by atoms with E-state index in [0.29, 0.717) is 11.5 Å². The summed E-state index contributed by atoms with van der Waals surface area (Å²) in [6.07, 6.45) is 2.63. The van der Waals surface area contributed by atoms with Crippen LogP contribution in [0.3, 0.4) is 0 Å². The van der Waals surface area contributed by atoms with Gasteiger partial charge in [-0.15, -0.1) is 0 Å². The number of hydrogen-bond donors (Lipinski definition) is 1. The zero-order chi connectivity index (χ0) is 10.1. The fourth-order valence-electron chi connectivity index (χ4n) is 1.34. The second kappa shape index (κ2) is 3.06. The van der Waals surface area contributed by atoms with Gasteiger partial charge in [-0.3, -0.25) is 14.5 Å². The number of amides is 1. The van der Waals surface area contributed by atoms with Crippen molar-refractivity contribution in [3.05, 3.63) is 12.5 Å². The maximum absolute atomic E-state index is 11.3. The van der Waals surface area contributed by atoms with Crippen LogP contribution >= 0.6 is 0 Å². The van der Waals surface area contributed by atoms with Gasteiger partial charge in [-0.2, -0.15) is 0 Å². The quantitative estimate of drug-likeness (QED) is 0.598. The molecule has 1 saturated heterocycles. The Morgan fingerprint density at radius 2 is 2.21 bits per heavy atom. The van der Waals surface area contributed by atoms with Gasteiger partial charge in [0.2, 0.25) is 5.91 Å². The van der Waals surface area contributed by atoms with E-state index in [1.54, 1.807) is 0 Å². The number of Topliss-reactive ketones (excluding diaryl/α,β-unsaturated/α-hetero) is 1. The third-order valence-corrected chi connectivity index (χ3v) is 1.96. The lowest BCUT2D eigenvalue weighted by molar-refractivity contribution is -0.121. The maximum Gasteiger partial charge on any atom is 0.236 e. The van der Waals surface area contributed by atoms with Gasteiger partial charge in [0, 0.05) is 0 Å². The minimum Gasteiger partial charge on any atom is -0.394 e. The van der Waals surface area contributed by atoms with Gasteiger partial charge in [0.25, 0.3) is 0 Å². The molecule has 1 aromatic rings. The molecule has 14 heavy (non-hydrogen) atoms. The van der Waals surface area contributed by atoms with Crippen LogP contribution in [0.4, 0.5) is 11.5 Å². The number of nitrogen functional groups attached to an aromatic ring is 1. The zero-order valence-electron chi connectivity index (χ0n) is 7.30. The van der Waals surface area contributed by atoms with Crippen LogP contribution in [0.1, 0.15) is 6.42 Å². The Labute approximate surface area is 79.7 Å². The summed E-state index contributed by atoms with van der Waals surface area (Å²) in [5.41, 5.74) is 5.88. The van der Waals surface area contributed by atoms with E-state index in [0.717, 1.165) is 0 Å². The van der Waals surface area contributed by atoms with Gasteiger partial charge in [0.15, 0.2) is 11.6 Å². The molecule has 0 atom stereocenters. The van der Waals surface area contributed by atoms with E-state index in [9.17, 15) is 9.59 Å². The summed E-state index contributed by atoms with van der Waals surface area (Å²) < 4.78 is 0. The molecule has 2 heterocycles. The molecule has 2 rings (SSSR count). The van der Waals surface area contributed by atoms with E-state index in [1.165, 1.54) is 17.4 Å². The number of carbonyl (C=O) groups excluding carboxylic acids is 2. The largest absolute Gasteiger partial charge is 0.394 e. The van der Waals surface area contributed by atoms with Crippen LogP contribution in [-0.2, 0) is 9.59 Å². The second-order valence-electron chi connectivity index (χ2n) is 3.00. The molecule has 0 aromatic carbocycles. The highest BCUT2D eigenvalue weighted by atomic mass is 16.2. The van der Waals surface area contributed by atoms with Crippen LogP contribution in [-0.4, -0.2) is 28.2 Å². The van der Waals surface area contributed by atoms with E-state index in [4.69, 9.17) is 5.73 Å². The summed E-state index contributed by atoms with van der Waals surface area (Å²) in [5.74, 6) is -0.0655. The van der Waals surface area contributed by atoms with Gasteiger partial charge in [-0.1, -0.05) is 0 Å². The van der Waals surface area contributed by atoms with Crippen LogP contribution < -0.4 is 10.6 Å². The molecule has 0 radical (unpaired) electrons. The average Bonchev–Trinajstić information content (AvgIpc) is 2.46. The highest BCUT2D eigenvalue weighted by Gasteiger charge is 2.30. The van der Waals surface area contributed by atoms with Gasteiger partial charge < -0.3 is 5.73 Å². The predicted molar refractivity (Wildman–Crippen MR) is 48.4 cm³/mol. The first-order chi connectivity index (χ1) is 6.68. The number of carbonyl (C=O) groups is 2. The van der Waals surface area contributed by atoms with Crippen molar-refractivity contribution >= 4 is 23.2 Å². The molecular weight excluding hydrogens is 184 g/mol. The SMILES string of the molecule is Nc1cncnc1N1CC(=O)CC1=O. The zero-order valence-corrected chi connectivity index (χ0v) is 7.30. The highest BCUT2D eigenvalue weighted by Crippen LogP contribution is 2.21. The van der Waals surface area contributed by atoms with E-state index >= 15 is 0 Å². The number of aromatic nitrogens is 2. The van der Waals surface area contributed by atoms with Gasteiger partial charge >= 0.3 is 0 Å². The van der Waals surface area contributed by atoms with Crippen molar-refractivity contribution in [2.45, 2.75) is 6.42 Å². The van der Waals surface area contributed by atoms with Crippen LogP contribution in [0.2, 0.25) is 0 Å². The lowest BCUT2D eigenvalue weighted by Gasteiger charge is -2.14. The number of ketones is 1. The van der Waals surface area contributed by atoms with E-state index < -0.39 is 0 Å². The van der Waals surface area contributed by atoms with E-state index in [2.05, 4.69) is 9.97 Å². The maximum atomic E-state index is 11.3. The predicted octanol–water partition coefficient (Wildman–Crippen LogP) is -0.635. The fraction of sp³-hybridized carbons (Fsp3) is 0.250. The Kier molecular flexibility index (Phi) is 1.88.